The van der Waals surface area contributed by atoms with Crippen molar-refractivity contribution >= 4 is 11.6 Å². The summed E-state index contributed by atoms with van der Waals surface area (Å²) in [7, 11) is 0. The van der Waals surface area contributed by atoms with Gasteiger partial charge < -0.3 is 10.4 Å². The summed E-state index contributed by atoms with van der Waals surface area (Å²) in [5, 5.41) is 22.8. The molecule has 7 heteroatoms. The zero-order chi connectivity index (χ0) is 14.4. The maximum absolute atomic E-state index is 10.5. The molecule has 20 heavy (non-hydrogen) atoms. The Morgan fingerprint density at radius 2 is 1.90 bits per heavy atom. The Labute approximate surface area is 115 Å². The molecule has 1 aromatic carbocycles. The summed E-state index contributed by atoms with van der Waals surface area (Å²) in [6.45, 7) is -0.0881. The van der Waals surface area contributed by atoms with Crippen molar-refractivity contribution in [2.24, 2.45) is 0 Å². The van der Waals surface area contributed by atoms with Crippen molar-refractivity contribution in [1.29, 1.82) is 0 Å². The van der Waals surface area contributed by atoms with E-state index in [0.29, 0.717) is 6.42 Å². The van der Waals surface area contributed by atoms with E-state index in [0.717, 1.165) is 18.0 Å². The molecule has 1 unspecified atom stereocenters. The molecule has 0 aliphatic carbocycles. The van der Waals surface area contributed by atoms with Crippen LogP contribution in [0.3, 0.4) is 0 Å². The first-order valence-corrected chi connectivity index (χ1v) is 6.07. The number of rotatable bonds is 6. The Morgan fingerprint density at radius 1 is 1.25 bits per heavy atom. The molecule has 0 saturated carbocycles. The van der Waals surface area contributed by atoms with Gasteiger partial charge in [-0.25, -0.2) is 9.97 Å². The number of nitrogens with zero attached hydrogens (tertiary/aromatic N) is 3. The number of aliphatic hydroxyl groups is 1. The van der Waals surface area contributed by atoms with Crippen molar-refractivity contribution in [2.75, 3.05) is 11.9 Å². The van der Waals surface area contributed by atoms with Gasteiger partial charge in [-0.1, -0.05) is 30.3 Å². The minimum Gasteiger partial charge on any atom is -0.394 e. The van der Waals surface area contributed by atoms with E-state index in [4.69, 9.17) is 0 Å². The SMILES string of the molecule is O=[N+]([O-])c1cnc(NC(CO)Cc2ccccc2)nc1. The molecule has 7 nitrogen and oxygen atoms in total. The highest BCUT2D eigenvalue weighted by molar-refractivity contribution is 5.32. The molecule has 0 aliphatic heterocycles. The average Bonchev–Trinajstić information content (AvgIpc) is 2.48. The van der Waals surface area contributed by atoms with Crippen LogP contribution in [0.15, 0.2) is 42.7 Å². The summed E-state index contributed by atoms with van der Waals surface area (Å²) in [5.74, 6) is 0.255. The zero-order valence-corrected chi connectivity index (χ0v) is 10.6. The predicted octanol–water partition coefficient (Wildman–Crippen LogP) is 1.40. The second-order valence-electron chi connectivity index (χ2n) is 4.24. The van der Waals surface area contributed by atoms with Gasteiger partial charge in [-0.2, -0.15) is 0 Å². The Bertz CT molecular complexity index is 560. The number of hydrogen-bond donors (Lipinski definition) is 2. The van der Waals surface area contributed by atoms with Crippen molar-refractivity contribution in [3.63, 3.8) is 0 Å². The number of benzene rings is 1. The van der Waals surface area contributed by atoms with Gasteiger partial charge in [-0.05, 0) is 12.0 Å². The van der Waals surface area contributed by atoms with E-state index in [1.807, 2.05) is 30.3 Å². The molecule has 0 fully saturated rings. The summed E-state index contributed by atoms with van der Waals surface area (Å²) in [6, 6.07) is 9.43. The first-order valence-electron chi connectivity index (χ1n) is 6.07. The monoisotopic (exact) mass is 274 g/mol. The number of nitrogens with one attached hydrogen (secondary N) is 1. The summed E-state index contributed by atoms with van der Waals surface area (Å²) in [6.07, 6.45) is 2.87. The molecule has 2 N–H and O–H groups in total. The third kappa shape index (κ3) is 3.72. The molecule has 2 aromatic rings. The fourth-order valence-electron chi connectivity index (χ4n) is 1.73. The molecule has 1 heterocycles. The smallest absolute Gasteiger partial charge is 0.305 e. The summed E-state index contributed by atoms with van der Waals surface area (Å²) in [4.78, 5) is 17.6. The van der Waals surface area contributed by atoms with Crippen LogP contribution in [0.4, 0.5) is 11.6 Å². The highest BCUT2D eigenvalue weighted by atomic mass is 16.6. The number of aromatic nitrogens is 2. The largest absolute Gasteiger partial charge is 0.394 e. The number of anilines is 1. The fraction of sp³-hybridized carbons (Fsp3) is 0.231. The molecule has 104 valence electrons. The molecule has 0 aliphatic rings. The number of hydrogen-bond acceptors (Lipinski definition) is 6. The van der Waals surface area contributed by atoms with Crippen LogP contribution < -0.4 is 5.32 Å². The lowest BCUT2D eigenvalue weighted by atomic mass is 10.1. The highest BCUT2D eigenvalue weighted by Crippen LogP contribution is 2.10. The van der Waals surface area contributed by atoms with Gasteiger partial charge in [0, 0.05) is 0 Å². The molecule has 0 radical (unpaired) electrons. The van der Waals surface area contributed by atoms with E-state index >= 15 is 0 Å². The van der Waals surface area contributed by atoms with Gasteiger partial charge in [0.15, 0.2) is 0 Å². The Kier molecular flexibility index (Phi) is 4.56. The minimum absolute atomic E-state index is 0.0881. The quantitative estimate of drug-likeness (QED) is 0.610. The lowest BCUT2D eigenvalue weighted by Crippen LogP contribution is -2.27. The van der Waals surface area contributed by atoms with Gasteiger partial charge in [0.2, 0.25) is 5.95 Å². The molecule has 0 amide bonds. The maximum Gasteiger partial charge on any atom is 0.305 e. The van der Waals surface area contributed by atoms with E-state index in [1.54, 1.807) is 0 Å². The van der Waals surface area contributed by atoms with Crippen LogP contribution in [0.5, 0.6) is 0 Å². The zero-order valence-electron chi connectivity index (χ0n) is 10.6. The summed E-state index contributed by atoms with van der Waals surface area (Å²) >= 11 is 0. The lowest BCUT2D eigenvalue weighted by molar-refractivity contribution is -0.385. The fourth-order valence-corrected chi connectivity index (χ4v) is 1.73. The van der Waals surface area contributed by atoms with Crippen LogP contribution in [-0.4, -0.2) is 32.6 Å². The van der Waals surface area contributed by atoms with Crippen LogP contribution in [-0.2, 0) is 6.42 Å². The molecular formula is C13H14N4O3. The molecular weight excluding hydrogens is 260 g/mol. The summed E-state index contributed by atoms with van der Waals surface area (Å²) < 4.78 is 0. The molecule has 0 spiro atoms. The van der Waals surface area contributed by atoms with Crippen molar-refractivity contribution in [3.8, 4) is 0 Å². The van der Waals surface area contributed by atoms with Crippen molar-refractivity contribution in [2.45, 2.75) is 12.5 Å². The normalized spacial score (nSPS) is 11.8. The average molecular weight is 274 g/mol. The Balaban J connectivity index is 2.01. The first kappa shape index (κ1) is 13.9. The second-order valence-corrected chi connectivity index (χ2v) is 4.24. The third-order valence-corrected chi connectivity index (χ3v) is 2.73. The van der Waals surface area contributed by atoms with Crippen LogP contribution in [0, 0.1) is 10.1 Å². The minimum atomic E-state index is -0.558. The molecule has 0 saturated heterocycles. The van der Waals surface area contributed by atoms with Crippen molar-refractivity contribution in [1.82, 2.24) is 9.97 Å². The van der Waals surface area contributed by atoms with Crippen LogP contribution >= 0.6 is 0 Å². The molecule has 0 bridgehead atoms. The van der Waals surface area contributed by atoms with E-state index in [9.17, 15) is 15.2 Å². The molecule has 1 aromatic heterocycles. The highest BCUT2D eigenvalue weighted by Gasteiger charge is 2.11. The van der Waals surface area contributed by atoms with E-state index < -0.39 is 4.92 Å². The van der Waals surface area contributed by atoms with E-state index in [1.165, 1.54) is 0 Å². The Hall–Kier alpha value is -2.54. The van der Waals surface area contributed by atoms with Crippen LogP contribution in [0.2, 0.25) is 0 Å². The number of aliphatic hydroxyl groups excluding tert-OH is 1. The first-order chi connectivity index (χ1) is 9.69. The standard InChI is InChI=1S/C13H14N4O3/c18-9-11(6-10-4-2-1-3-5-10)16-13-14-7-12(8-15-13)17(19)20/h1-5,7-8,11,18H,6,9H2,(H,14,15,16). The van der Waals surface area contributed by atoms with Gasteiger partial charge in [-0.15, -0.1) is 0 Å². The third-order valence-electron chi connectivity index (χ3n) is 2.73. The van der Waals surface area contributed by atoms with Gasteiger partial charge >= 0.3 is 5.69 Å². The molecule has 1 atom stereocenters. The predicted molar refractivity (Wildman–Crippen MR) is 73.3 cm³/mol. The topological polar surface area (TPSA) is 101 Å². The van der Waals surface area contributed by atoms with Gasteiger partial charge in [0.1, 0.15) is 12.4 Å². The van der Waals surface area contributed by atoms with Gasteiger partial charge in [0.25, 0.3) is 0 Å². The van der Waals surface area contributed by atoms with Crippen molar-refractivity contribution in [3.05, 3.63) is 58.4 Å². The van der Waals surface area contributed by atoms with Crippen LogP contribution in [0.1, 0.15) is 5.56 Å². The Morgan fingerprint density at radius 3 is 2.45 bits per heavy atom. The van der Waals surface area contributed by atoms with Crippen molar-refractivity contribution < 1.29 is 10.0 Å². The van der Waals surface area contributed by atoms with Crippen LogP contribution in [0.25, 0.3) is 0 Å². The van der Waals surface area contributed by atoms with Gasteiger partial charge in [-0.3, -0.25) is 10.1 Å². The van der Waals surface area contributed by atoms with Gasteiger partial charge in [0.05, 0.1) is 17.6 Å². The van der Waals surface area contributed by atoms with E-state index in [2.05, 4.69) is 15.3 Å². The second kappa shape index (κ2) is 6.58. The maximum atomic E-state index is 10.5. The van der Waals surface area contributed by atoms with E-state index in [-0.39, 0.29) is 24.3 Å². The molecule has 2 rings (SSSR count). The number of nitro groups is 1. The summed E-state index contributed by atoms with van der Waals surface area (Å²) in [5.41, 5.74) is 0.903. The lowest BCUT2D eigenvalue weighted by Gasteiger charge is -2.15.